The van der Waals surface area contributed by atoms with Gasteiger partial charge < -0.3 is 4.74 Å². The molecule has 2 rings (SSSR count). The predicted molar refractivity (Wildman–Crippen MR) is 90.1 cm³/mol. The summed E-state index contributed by atoms with van der Waals surface area (Å²) < 4.78 is 5.40. The first-order valence-electron chi connectivity index (χ1n) is 6.81. The lowest BCUT2D eigenvalue weighted by molar-refractivity contribution is 0.370. The summed E-state index contributed by atoms with van der Waals surface area (Å²) in [5, 5.41) is 0. The van der Waals surface area contributed by atoms with Crippen LogP contribution in [0.3, 0.4) is 0 Å². The van der Waals surface area contributed by atoms with Gasteiger partial charge >= 0.3 is 0 Å². The number of hydrogen-bond acceptors (Lipinski definition) is 1. The van der Waals surface area contributed by atoms with E-state index in [-0.39, 0.29) is 6.61 Å². The highest BCUT2D eigenvalue weighted by Gasteiger charge is 2.06. The molecule has 0 unspecified atom stereocenters. The fourth-order valence-corrected chi connectivity index (χ4v) is 2.20. The third-order valence-electron chi connectivity index (χ3n) is 3.21. The topological polar surface area (TPSA) is 9.23 Å². The van der Waals surface area contributed by atoms with E-state index < -0.39 is 0 Å². The van der Waals surface area contributed by atoms with Crippen LogP contribution in [0.2, 0.25) is 0 Å². The van der Waals surface area contributed by atoms with Crippen molar-refractivity contribution in [3.63, 3.8) is 0 Å². The van der Waals surface area contributed by atoms with Gasteiger partial charge in [0.15, 0.2) is 0 Å². The van der Waals surface area contributed by atoms with Crippen molar-refractivity contribution in [1.29, 1.82) is 0 Å². The minimum atomic E-state index is 0.289. The molecule has 0 aliphatic carbocycles. The normalized spacial score (nSPS) is 10.8. The molecule has 0 radical (unpaired) electrons. The van der Waals surface area contributed by atoms with E-state index in [1.54, 1.807) is 0 Å². The van der Waals surface area contributed by atoms with Crippen LogP contribution in [0.25, 0.3) is 16.7 Å². The average molecular weight is 274 g/mol. The second kappa shape index (κ2) is 7.17. The van der Waals surface area contributed by atoms with Gasteiger partial charge in [-0.3, -0.25) is 0 Å². The molecule has 104 valence electrons. The smallest absolute Gasteiger partial charge is 0.148 e. The van der Waals surface area contributed by atoms with Crippen LogP contribution in [-0.2, 0) is 0 Å². The van der Waals surface area contributed by atoms with E-state index in [0.717, 1.165) is 11.3 Å². The van der Waals surface area contributed by atoms with E-state index in [1.165, 1.54) is 16.7 Å². The summed E-state index contributed by atoms with van der Waals surface area (Å²) >= 11 is 0. The van der Waals surface area contributed by atoms with E-state index in [9.17, 15) is 0 Å². The SMILES string of the molecule is C#CCOc1ccc(-c2ccccc2/C(C)=C/C=C)cc1. The van der Waals surface area contributed by atoms with Gasteiger partial charge in [-0.1, -0.05) is 61.0 Å². The van der Waals surface area contributed by atoms with Crippen LogP contribution in [0.1, 0.15) is 12.5 Å². The van der Waals surface area contributed by atoms with Crippen LogP contribution in [-0.4, -0.2) is 6.61 Å². The van der Waals surface area contributed by atoms with Crippen LogP contribution in [0.5, 0.6) is 5.75 Å². The summed E-state index contributed by atoms with van der Waals surface area (Å²) in [6.07, 6.45) is 9.02. The number of rotatable bonds is 5. The maximum Gasteiger partial charge on any atom is 0.148 e. The standard InChI is InChI=1S/C20H18O/c1-4-8-16(3)19-9-6-7-10-20(19)17-11-13-18(14-12-17)21-15-5-2/h2,4,6-14H,1,15H2,3H3/b16-8+. The number of hydrogen-bond donors (Lipinski definition) is 0. The molecule has 2 aromatic rings. The maximum atomic E-state index is 5.40. The molecule has 0 spiro atoms. The third kappa shape index (κ3) is 3.64. The molecule has 0 aliphatic rings. The molecular formula is C20H18O. The van der Waals surface area contributed by atoms with Crippen molar-refractivity contribution in [2.75, 3.05) is 6.61 Å². The molecule has 0 aliphatic heterocycles. The Morgan fingerprint density at radius 2 is 1.90 bits per heavy atom. The van der Waals surface area contributed by atoms with Gasteiger partial charge in [0.05, 0.1) is 0 Å². The van der Waals surface area contributed by atoms with Crippen LogP contribution < -0.4 is 4.74 Å². The Morgan fingerprint density at radius 1 is 1.19 bits per heavy atom. The zero-order chi connectivity index (χ0) is 15.1. The Morgan fingerprint density at radius 3 is 2.57 bits per heavy atom. The number of allylic oxidation sites excluding steroid dienone is 3. The van der Waals surface area contributed by atoms with Gasteiger partial charge in [-0.2, -0.15) is 0 Å². The quantitative estimate of drug-likeness (QED) is 0.553. The lowest BCUT2D eigenvalue weighted by Crippen LogP contribution is -1.93. The molecule has 1 heteroatoms. The van der Waals surface area contributed by atoms with Gasteiger partial charge in [-0.25, -0.2) is 0 Å². The summed E-state index contributed by atoms with van der Waals surface area (Å²) in [5.41, 5.74) is 4.73. The second-order valence-electron chi connectivity index (χ2n) is 4.65. The monoisotopic (exact) mass is 274 g/mol. The van der Waals surface area contributed by atoms with E-state index in [1.807, 2.05) is 48.6 Å². The fraction of sp³-hybridized carbons (Fsp3) is 0.100. The van der Waals surface area contributed by atoms with Crippen molar-refractivity contribution >= 4 is 5.57 Å². The van der Waals surface area contributed by atoms with Crippen molar-refractivity contribution in [3.05, 3.63) is 72.8 Å². The molecule has 0 saturated heterocycles. The molecule has 0 heterocycles. The second-order valence-corrected chi connectivity index (χ2v) is 4.65. The first-order chi connectivity index (χ1) is 10.3. The van der Waals surface area contributed by atoms with Gasteiger partial charge in [0.1, 0.15) is 12.4 Å². The molecule has 0 atom stereocenters. The summed E-state index contributed by atoms with van der Waals surface area (Å²) in [4.78, 5) is 0. The molecule has 0 bridgehead atoms. The van der Waals surface area contributed by atoms with Crippen molar-refractivity contribution in [2.45, 2.75) is 6.92 Å². The van der Waals surface area contributed by atoms with Gasteiger partial charge in [0, 0.05) is 0 Å². The Kier molecular flexibility index (Phi) is 5.01. The minimum Gasteiger partial charge on any atom is -0.481 e. The van der Waals surface area contributed by atoms with Gasteiger partial charge in [0.2, 0.25) is 0 Å². The van der Waals surface area contributed by atoms with E-state index >= 15 is 0 Å². The van der Waals surface area contributed by atoms with Gasteiger partial charge in [-0.05, 0) is 41.3 Å². The van der Waals surface area contributed by atoms with Crippen LogP contribution >= 0.6 is 0 Å². The lowest BCUT2D eigenvalue weighted by atomic mass is 9.95. The van der Waals surface area contributed by atoms with Crippen molar-refractivity contribution in [2.24, 2.45) is 0 Å². The zero-order valence-electron chi connectivity index (χ0n) is 12.2. The summed E-state index contributed by atoms with van der Waals surface area (Å²) in [7, 11) is 0. The first kappa shape index (κ1) is 14.7. The third-order valence-corrected chi connectivity index (χ3v) is 3.21. The maximum absolute atomic E-state index is 5.40. The van der Waals surface area contributed by atoms with Crippen molar-refractivity contribution in [3.8, 4) is 29.2 Å². The molecular weight excluding hydrogens is 256 g/mol. The number of ether oxygens (including phenoxy) is 1. The van der Waals surface area contributed by atoms with Crippen LogP contribution in [0.4, 0.5) is 0 Å². The highest BCUT2D eigenvalue weighted by atomic mass is 16.5. The highest BCUT2D eigenvalue weighted by molar-refractivity contribution is 5.81. The molecule has 2 aromatic carbocycles. The van der Waals surface area contributed by atoms with Crippen LogP contribution in [0, 0.1) is 12.3 Å². The zero-order valence-corrected chi connectivity index (χ0v) is 12.2. The van der Waals surface area contributed by atoms with Crippen molar-refractivity contribution in [1.82, 2.24) is 0 Å². The van der Waals surface area contributed by atoms with E-state index in [4.69, 9.17) is 11.2 Å². The largest absolute Gasteiger partial charge is 0.481 e. The fourth-order valence-electron chi connectivity index (χ4n) is 2.20. The Labute approximate surface area is 126 Å². The molecule has 0 amide bonds. The highest BCUT2D eigenvalue weighted by Crippen LogP contribution is 2.29. The molecule has 0 N–H and O–H groups in total. The number of benzene rings is 2. The van der Waals surface area contributed by atoms with E-state index in [0.29, 0.717) is 0 Å². The number of terminal acetylenes is 1. The minimum absolute atomic E-state index is 0.289. The molecule has 1 nitrogen and oxygen atoms in total. The Bertz CT molecular complexity index is 685. The Hall–Kier alpha value is -2.72. The summed E-state index contributed by atoms with van der Waals surface area (Å²) in [6.45, 7) is 6.14. The predicted octanol–water partition coefficient (Wildman–Crippen LogP) is 4.95. The summed E-state index contributed by atoms with van der Waals surface area (Å²) in [6, 6.07) is 16.3. The summed E-state index contributed by atoms with van der Waals surface area (Å²) in [5.74, 6) is 3.25. The van der Waals surface area contributed by atoms with Crippen molar-refractivity contribution < 1.29 is 4.74 Å². The molecule has 0 fully saturated rings. The Balaban J connectivity index is 2.36. The first-order valence-corrected chi connectivity index (χ1v) is 6.81. The average Bonchev–Trinajstić information content (AvgIpc) is 2.53. The van der Waals surface area contributed by atoms with Crippen LogP contribution in [0.15, 0.2) is 67.3 Å². The van der Waals surface area contributed by atoms with E-state index in [2.05, 4.69) is 31.6 Å². The van der Waals surface area contributed by atoms with Gasteiger partial charge in [-0.15, -0.1) is 6.42 Å². The lowest BCUT2D eigenvalue weighted by Gasteiger charge is -2.11. The van der Waals surface area contributed by atoms with Gasteiger partial charge in [0.25, 0.3) is 0 Å². The molecule has 0 saturated carbocycles. The molecule has 21 heavy (non-hydrogen) atoms. The molecule has 0 aromatic heterocycles.